The van der Waals surface area contributed by atoms with E-state index >= 15 is 0 Å². The van der Waals surface area contributed by atoms with Crippen molar-refractivity contribution >= 4 is 29.1 Å². The van der Waals surface area contributed by atoms with E-state index in [2.05, 4.69) is 19.2 Å². The monoisotopic (exact) mass is 390 g/mol. The molecule has 2 amide bonds. The fourth-order valence-electron chi connectivity index (χ4n) is 2.39. The van der Waals surface area contributed by atoms with E-state index < -0.39 is 11.8 Å². The number of carbonyl (C=O) groups is 2. The van der Waals surface area contributed by atoms with Gasteiger partial charge in [-0.15, -0.1) is 0 Å². The summed E-state index contributed by atoms with van der Waals surface area (Å²) < 4.78 is 11.0. The number of ether oxygens (including phenoxy) is 2. The quantitative estimate of drug-likeness (QED) is 0.709. The van der Waals surface area contributed by atoms with Crippen LogP contribution in [0.25, 0.3) is 0 Å². The Bertz CT molecular complexity index is 837. The van der Waals surface area contributed by atoms with Gasteiger partial charge in [0.05, 0.1) is 30.0 Å². The van der Waals surface area contributed by atoms with Gasteiger partial charge in [-0.1, -0.05) is 37.6 Å². The second kappa shape index (κ2) is 9.28. The number of anilines is 1. The maximum absolute atomic E-state index is 12.6. The van der Waals surface area contributed by atoms with Crippen molar-refractivity contribution in [3.05, 3.63) is 52.5 Å². The van der Waals surface area contributed by atoms with Gasteiger partial charge in [0.1, 0.15) is 0 Å². The lowest BCUT2D eigenvalue weighted by atomic mass is 10.1. The standard InChI is InChI=1S/C20H23ClN2O4/c1-12(2)8-9-27-18-15(21)10-13(11-17(18)26-3)20(25)23-16-7-5-4-6-14(16)19(22)24/h4-7,10-12H,8-9H2,1-3H3,(H2,22,24)(H,23,25). The van der Waals surface area contributed by atoms with E-state index in [0.29, 0.717) is 29.7 Å². The Morgan fingerprint density at radius 2 is 1.93 bits per heavy atom. The van der Waals surface area contributed by atoms with Gasteiger partial charge in [0.15, 0.2) is 11.5 Å². The van der Waals surface area contributed by atoms with Gasteiger partial charge in [0.25, 0.3) is 11.8 Å². The zero-order valence-electron chi connectivity index (χ0n) is 15.5. The molecule has 6 nitrogen and oxygen atoms in total. The van der Waals surface area contributed by atoms with E-state index in [1.807, 2.05) is 0 Å². The van der Waals surface area contributed by atoms with Gasteiger partial charge in [-0.05, 0) is 36.6 Å². The van der Waals surface area contributed by atoms with Crippen LogP contribution in [-0.4, -0.2) is 25.5 Å². The number of amides is 2. The van der Waals surface area contributed by atoms with Crippen LogP contribution in [0.1, 0.15) is 41.0 Å². The average molecular weight is 391 g/mol. The predicted molar refractivity (Wildman–Crippen MR) is 106 cm³/mol. The van der Waals surface area contributed by atoms with E-state index in [1.165, 1.54) is 19.2 Å². The predicted octanol–water partition coefficient (Wildman–Crippen LogP) is 4.12. The Labute approximate surface area is 163 Å². The second-order valence-corrected chi connectivity index (χ2v) is 6.79. The van der Waals surface area contributed by atoms with Crippen molar-refractivity contribution in [1.82, 2.24) is 0 Å². The molecule has 0 aromatic heterocycles. The molecule has 7 heteroatoms. The molecule has 0 aliphatic rings. The molecule has 27 heavy (non-hydrogen) atoms. The second-order valence-electron chi connectivity index (χ2n) is 6.38. The summed E-state index contributed by atoms with van der Waals surface area (Å²) in [5.74, 6) is 0.173. The van der Waals surface area contributed by atoms with E-state index in [-0.39, 0.29) is 16.1 Å². The zero-order valence-corrected chi connectivity index (χ0v) is 16.3. The minimum absolute atomic E-state index is 0.220. The summed E-state index contributed by atoms with van der Waals surface area (Å²) >= 11 is 6.30. The third-order valence-electron chi connectivity index (χ3n) is 3.87. The number of benzene rings is 2. The van der Waals surface area contributed by atoms with Gasteiger partial charge in [0.2, 0.25) is 0 Å². The van der Waals surface area contributed by atoms with E-state index in [4.69, 9.17) is 26.8 Å². The topological polar surface area (TPSA) is 90.6 Å². The summed E-state index contributed by atoms with van der Waals surface area (Å²) in [6, 6.07) is 9.54. The molecule has 0 radical (unpaired) electrons. The van der Waals surface area contributed by atoms with Crippen molar-refractivity contribution in [2.24, 2.45) is 11.7 Å². The first-order valence-corrected chi connectivity index (χ1v) is 8.91. The molecule has 0 atom stereocenters. The molecule has 0 fully saturated rings. The summed E-state index contributed by atoms with van der Waals surface area (Å²) in [5, 5.41) is 2.94. The molecule has 0 spiro atoms. The Balaban J connectivity index is 2.24. The molecule has 0 heterocycles. The Hall–Kier alpha value is -2.73. The molecule has 2 rings (SSSR count). The third-order valence-corrected chi connectivity index (χ3v) is 4.15. The van der Waals surface area contributed by atoms with Crippen molar-refractivity contribution in [2.45, 2.75) is 20.3 Å². The number of primary amides is 1. The van der Waals surface area contributed by atoms with E-state index in [1.54, 1.807) is 24.3 Å². The molecule has 2 aromatic rings. The number of hydrogen-bond acceptors (Lipinski definition) is 4. The number of nitrogens with two attached hydrogens (primary N) is 1. The highest BCUT2D eigenvalue weighted by Crippen LogP contribution is 2.37. The first kappa shape index (κ1) is 20.6. The lowest BCUT2D eigenvalue weighted by Crippen LogP contribution is -2.18. The number of hydrogen-bond donors (Lipinski definition) is 2. The summed E-state index contributed by atoms with van der Waals surface area (Å²) in [6.45, 7) is 4.68. The first-order chi connectivity index (χ1) is 12.8. The summed E-state index contributed by atoms with van der Waals surface area (Å²) in [7, 11) is 1.48. The zero-order chi connectivity index (χ0) is 20.0. The van der Waals surface area contributed by atoms with E-state index in [0.717, 1.165) is 6.42 Å². The summed E-state index contributed by atoms with van der Waals surface area (Å²) in [4.78, 5) is 24.1. The van der Waals surface area contributed by atoms with E-state index in [9.17, 15) is 9.59 Å². The van der Waals surface area contributed by atoms with Crippen molar-refractivity contribution in [1.29, 1.82) is 0 Å². The molecule has 0 aliphatic carbocycles. The number of carbonyl (C=O) groups excluding carboxylic acids is 2. The summed E-state index contributed by atoms with van der Waals surface area (Å²) in [6.07, 6.45) is 0.867. The number of halogens is 1. The number of nitrogens with one attached hydrogen (secondary N) is 1. The smallest absolute Gasteiger partial charge is 0.255 e. The normalized spacial score (nSPS) is 10.6. The molecule has 2 aromatic carbocycles. The van der Waals surface area contributed by atoms with Crippen LogP contribution in [0, 0.1) is 5.92 Å². The van der Waals surface area contributed by atoms with Gasteiger partial charge in [0, 0.05) is 5.56 Å². The number of rotatable bonds is 8. The SMILES string of the molecule is COc1cc(C(=O)Nc2ccccc2C(N)=O)cc(Cl)c1OCCC(C)C. The van der Waals surface area contributed by atoms with Crippen LogP contribution in [0.3, 0.4) is 0 Å². The number of methoxy groups -OCH3 is 1. The van der Waals surface area contributed by atoms with Crippen LogP contribution >= 0.6 is 11.6 Å². The fourth-order valence-corrected chi connectivity index (χ4v) is 2.65. The van der Waals surface area contributed by atoms with Crippen molar-refractivity contribution in [3.63, 3.8) is 0 Å². The maximum Gasteiger partial charge on any atom is 0.255 e. The first-order valence-electron chi connectivity index (χ1n) is 8.54. The number of para-hydroxylation sites is 1. The van der Waals surface area contributed by atoms with Gasteiger partial charge in [-0.3, -0.25) is 9.59 Å². The molecule has 144 valence electrons. The Morgan fingerprint density at radius 1 is 1.22 bits per heavy atom. The molecule has 0 aliphatic heterocycles. The Kier molecular flexibility index (Phi) is 7.07. The van der Waals surface area contributed by atoms with Crippen LogP contribution in [0.2, 0.25) is 5.02 Å². The highest BCUT2D eigenvalue weighted by molar-refractivity contribution is 6.32. The van der Waals surface area contributed by atoms with Gasteiger partial charge >= 0.3 is 0 Å². The Morgan fingerprint density at radius 3 is 2.56 bits per heavy atom. The minimum atomic E-state index is -0.629. The van der Waals surface area contributed by atoms with Crippen LogP contribution in [0.5, 0.6) is 11.5 Å². The lowest BCUT2D eigenvalue weighted by molar-refractivity contribution is 0.100. The fraction of sp³-hybridized carbons (Fsp3) is 0.300. The largest absolute Gasteiger partial charge is 0.493 e. The highest BCUT2D eigenvalue weighted by Gasteiger charge is 2.18. The van der Waals surface area contributed by atoms with Gasteiger partial charge in [-0.2, -0.15) is 0 Å². The van der Waals surface area contributed by atoms with Crippen molar-refractivity contribution in [3.8, 4) is 11.5 Å². The van der Waals surface area contributed by atoms with Gasteiger partial charge < -0.3 is 20.5 Å². The average Bonchev–Trinajstić information content (AvgIpc) is 2.62. The molecular weight excluding hydrogens is 368 g/mol. The van der Waals surface area contributed by atoms with Crippen LogP contribution in [-0.2, 0) is 0 Å². The summed E-state index contributed by atoms with van der Waals surface area (Å²) in [5.41, 5.74) is 6.15. The molecule has 0 unspecified atom stereocenters. The van der Waals surface area contributed by atoms with Crippen LogP contribution in [0.15, 0.2) is 36.4 Å². The minimum Gasteiger partial charge on any atom is -0.493 e. The highest BCUT2D eigenvalue weighted by atomic mass is 35.5. The van der Waals surface area contributed by atoms with Crippen molar-refractivity contribution < 1.29 is 19.1 Å². The molecule has 0 saturated heterocycles. The maximum atomic E-state index is 12.6. The molecule has 0 bridgehead atoms. The molecule has 3 N–H and O–H groups in total. The van der Waals surface area contributed by atoms with Gasteiger partial charge in [-0.25, -0.2) is 0 Å². The van der Waals surface area contributed by atoms with Crippen LogP contribution < -0.4 is 20.5 Å². The third kappa shape index (κ3) is 5.37. The molecular formula is C20H23ClN2O4. The van der Waals surface area contributed by atoms with Crippen molar-refractivity contribution in [2.75, 3.05) is 19.0 Å². The lowest BCUT2D eigenvalue weighted by Gasteiger charge is -2.15. The van der Waals surface area contributed by atoms with Crippen LogP contribution in [0.4, 0.5) is 5.69 Å². The molecule has 0 saturated carbocycles.